The van der Waals surface area contributed by atoms with Crippen molar-refractivity contribution in [2.24, 2.45) is 0 Å². The monoisotopic (exact) mass is 182 g/mol. The first-order chi connectivity index (χ1) is 6.16. The minimum absolute atomic E-state index is 0.890. The highest BCUT2D eigenvalue weighted by Gasteiger charge is 1.88. The molecule has 70 valence electrons. The van der Waals surface area contributed by atoms with Crippen molar-refractivity contribution in [2.45, 2.75) is 6.54 Å². The van der Waals surface area contributed by atoms with Gasteiger partial charge in [0.2, 0.25) is 0 Å². The summed E-state index contributed by atoms with van der Waals surface area (Å²) in [6.07, 6.45) is 5.91. The lowest BCUT2D eigenvalue weighted by Gasteiger charge is -1.86. The minimum atomic E-state index is -1.75. The summed E-state index contributed by atoms with van der Waals surface area (Å²) in [6, 6.07) is 6.01. The van der Waals surface area contributed by atoms with E-state index in [4.69, 9.17) is 15.3 Å². The molecule has 0 saturated heterocycles. The fourth-order valence-corrected chi connectivity index (χ4v) is 0.705. The molecule has 0 radical (unpaired) electrons. The average molecular weight is 182 g/mol. The lowest BCUT2D eigenvalue weighted by molar-refractivity contribution is -0.687. The number of rotatable bonds is 2. The van der Waals surface area contributed by atoms with Crippen molar-refractivity contribution >= 4 is 0 Å². The van der Waals surface area contributed by atoms with Gasteiger partial charge in [0.15, 0.2) is 18.9 Å². The highest BCUT2D eigenvalue weighted by molar-refractivity contribution is 4.83. The van der Waals surface area contributed by atoms with Crippen molar-refractivity contribution in [3.8, 4) is 0 Å². The third-order valence-corrected chi connectivity index (χ3v) is 1.12. The summed E-state index contributed by atoms with van der Waals surface area (Å²) >= 11 is 0. The van der Waals surface area contributed by atoms with Crippen molar-refractivity contribution in [3.05, 3.63) is 58.6 Å². The molecule has 0 amide bonds. The van der Waals surface area contributed by atoms with Crippen LogP contribution in [-0.4, -0.2) is 5.09 Å². The second-order valence-electron chi connectivity index (χ2n) is 2.08. The highest BCUT2D eigenvalue weighted by atomic mass is 16.9. The lowest BCUT2D eigenvalue weighted by Crippen LogP contribution is -2.30. The van der Waals surface area contributed by atoms with Crippen LogP contribution >= 0.6 is 0 Å². The molecule has 0 atom stereocenters. The fraction of sp³-hybridized carbons (Fsp3) is 0.125. The van der Waals surface area contributed by atoms with Gasteiger partial charge in [-0.1, -0.05) is 12.6 Å². The van der Waals surface area contributed by atoms with E-state index in [0.717, 1.165) is 6.54 Å². The maximum absolute atomic E-state index is 8.25. The molecule has 1 heterocycles. The summed E-state index contributed by atoms with van der Waals surface area (Å²) in [5, 5.41) is 14.8. The molecule has 0 fully saturated rings. The standard InChI is InChI=1S/C8H10N.NO3/c1-2-6-9-7-4-3-5-8-9;2-1(3)4/h2-5,7-8H,1,6H2;/q+1;-1. The van der Waals surface area contributed by atoms with E-state index < -0.39 is 5.09 Å². The SMILES string of the molecule is C=CC[n+]1ccccc1.O=[N+]([O-])[O-]. The van der Waals surface area contributed by atoms with E-state index in [-0.39, 0.29) is 0 Å². The zero-order valence-corrected chi connectivity index (χ0v) is 7.00. The zero-order chi connectivity index (χ0) is 10.1. The van der Waals surface area contributed by atoms with Crippen LogP contribution in [0.25, 0.3) is 0 Å². The second-order valence-corrected chi connectivity index (χ2v) is 2.08. The van der Waals surface area contributed by atoms with E-state index in [0.29, 0.717) is 0 Å². The zero-order valence-electron chi connectivity index (χ0n) is 7.00. The van der Waals surface area contributed by atoms with Crippen LogP contribution in [0.4, 0.5) is 0 Å². The Morgan fingerprint density at radius 3 is 2.15 bits per heavy atom. The Bertz CT molecular complexity index is 257. The third-order valence-electron chi connectivity index (χ3n) is 1.12. The van der Waals surface area contributed by atoms with Gasteiger partial charge in [0.05, 0.1) is 5.09 Å². The Balaban J connectivity index is 0.000000310. The first kappa shape index (κ1) is 11.1. The van der Waals surface area contributed by atoms with Crippen LogP contribution in [0.3, 0.4) is 0 Å². The lowest BCUT2D eigenvalue weighted by atomic mass is 10.5. The van der Waals surface area contributed by atoms with Gasteiger partial charge in [-0.25, -0.2) is 4.57 Å². The number of hydrogen-bond acceptors (Lipinski definition) is 3. The van der Waals surface area contributed by atoms with E-state index in [1.165, 1.54) is 0 Å². The molecule has 0 bridgehead atoms. The Morgan fingerprint density at radius 2 is 1.77 bits per heavy atom. The summed E-state index contributed by atoms with van der Waals surface area (Å²) in [4.78, 5) is 8.25. The smallest absolute Gasteiger partial charge is 0.169 e. The van der Waals surface area contributed by atoms with Crippen LogP contribution in [0.15, 0.2) is 43.2 Å². The molecule has 0 spiro atoms. The predicted octanol–water partition coefficient (Wildman–Crippen LogP) is 0.921. The van der Waals surface area contributed by atoms with Gasteiger partial charge in [0.25, 0.3) is 0 Å². The van der Waals surface area contributed by atoms with E-state index in [2.05, 4.69) is 11.1 Å². The predicted molar refractivity (Wildman–Crippen MR) is 47.2 cm³/mol. The van der Waals surface area contributed by atoms with Crippen molar-refractivity contribution < 1.29 is 9.65 Å². The van der Waals surface area contributed by atoms with E-state index >= 15 is 0 Å². The van der Waals surface area contributed by atoms with Gasteiger partial charge in [-0.15, -0.1) is 0 Å². The normalized spacial score (nSPS) is 8.00. The summed E-state index contributed by atoms with van der Waals surface area (Å²) in [6.45, 7) is 4.52. The average Bonchev–Trinajstić information content (AvgIpc) is 2.06. The molecule has 1 aromatic rings. The van der Waals surface area contributed by atoms with Crippen molar-refractivity contribution in [3.63, 3.8) is 0 Å². The number of hydrogen-bond donors (Lipinski definition) is 0. The minimum Gasteiger partial charge on any atom is -0.356 e. The van der Waals surface area contributed by atoms with E-state index in [1.54, 1.807) is 0 Å². The van der Waals surface area contributed by atoms with Crippen LogP contribution in [0.1, 0.15) is 0 Å². The molecule has 5 nitrogen and oxygen atoms in total. The highest BCUT2D eigenvalue weighted by Crippen LogP contribution is 1.75. The van der Waals surface area contributed by atoms with Crippen LogP contribution in [0.5, 0.6) is 0 Å². The van der Waals surface area contributed by atoms with Crippen LogP contribution in [0, 0.1) is 15.3 Å². The summed E-state index contributed by atoms with van der Waals surface area (Å²) in [7, 11) is 0. The third kappa shape index (κ3) is 7.99. The van der Waals surface area contributed by atoms with Gasteiger partial charge in [-0.2, -0.15) is 0 Å². The van der Waals surface area contributed by atoms with Crippen molar-refractivity contribution in [1.82, 2.24) is 0 Å². The quantitative estimate of drug-likeness (QED) is 0.295. The van der Waals surface area contributed by atoms with E-state index in [1.807, 2.05) is 36.7 Å². The molecule has 1 rings (SSSR count). The fourth-order valence-electron chi connectivity index (χ4n) is 0.705. The van der Waals surface area contributed by atoms with Gasteiger partial charge in [-0.05, 0) is 6.08 Å². The Labute approximate surface area is 75.7 Å². The Kier molecular flexibility index (Phi) is 5.78. The molecular formula is C8H10N2O3. The number of aromatic nitrogens is 1. The maximum Gasteiger partial charge on any atom is 0.169 e. The van der Waals surface area contributed by atoms with Crippen molar-refractivity contribution in [1.29, 1.82) is 0 Å². The number of pyridine rings is 1. The molecule has 5 heteroatoms. The van der Waals surface area contributed by atoms with Crippen LogP contribution in [0.2, 0.25) is 0 Å². The molecule has 1 aromatic heterocycles. The van der Waals surface area contributed by atoms with Crippen LogP contribution in [-0.2, 0) is 6.54 Å². The first-order valence-electron chi connectivity index (χ1n) is 3.53. The molecule has 0 unspecified atom stereocenters. The van der Waals surface area contributed by atoms with Gasteiger partial charge in [-0.3, -0.25) is 0 Å². The Morgan fingerprint density at radius 1 is 1.31 bits per heavy atom. The largest absolute Gasteiger partial charge is 0.356 e. The topological polar surface area (TPSA) is 70.1 Å². The van der Waals surface area contributed by atoms with Gasteiger partial charge in [0, 0.05) is 12.1 Å². The summed E-state index contributed by atoms with van der Waals surface area (Å²) < 4.78 is 2.06. The van der Waals surface area contributed by atoms with Crippen molar-refractivity contribution in [2.75, 3.05) is 0 Å². The number of nitrogens with zero attached hydrogens (tertiary/aromatic N) is 2. The molecule has 0 N–H and O–H groups in total. The summed E-state index contributed by atoms with van der Waals surface area (Å²) in [5.41, 5.74) is 0. The van der Waals surface area contributed by atoms with Gasteiger partial charge >= 0.3 is 0 Å². The van der Waals surface area contributed by atoms with Crippen LogP contribution < -0.4 is 4.57 Å². The molecular weight excluding hydrogens is 172 g/mol. The first-order valence-corrected chi connectivity index (χ1v) is 3.53. The van der Waals surface area contributed by atoms with E-state index in [9.17, 15) is 0 Å². The Hall–Kier alpha value is -1.91. The molecule has 0 aliphatic heterocycles. The number of allylic oxidation sites excluding steroid dienone is 1. The molecule has 13 heavy (non-hydrogen) atoms. The molecule has 0 aliphatic rings. The summed E-state index contributed by atoms with van der Waals surface area (Å²) in [5.74, 6) is 0. The van der Waals surface area contributed by atoms with Gasteiger partial charge < -0.3 is 15.3 Å². The second kappa shape index (κ2) is 6.78. The molecule has 0 aromatic carbocycles. The van der Waals surface area contributed by atoms with Gasteiger partial charge in [0.1, 0.15) is 0 Å². The molecule has 0 aliphatic carbocycles. The molecule has 0 saturated carbocycles. The maximum atomic E-state index is 8.25.